The number of piperidine rings is 1. The van der Waals surface area contributed by atoms with Gasteiger partial charge in [0.2, 0.25) is 5.91 Å². The molecule has 13 heteroatoms. The molecular formula is C40H54FN3O8S. The number of carbonyl (C=O) groups is 4. The molecule has 5 fully saturated rings. The van der Waals surface area contributed by atoms with E-state index >= 15 is 4.39 Å². The number of ketones is 2. The van der Waals surface area contributed by atoms with Crippen LogP contribution in [0.2, 0.25) is 0 Å². The quantitative estimate of drug-likeness (QED) is 0.356. The number of carbonyl (C=O) groups excluding carboxylic acids is 4. The normalized spacial score (nSPS) is 34.5. The number of anilines is 1. The average Bonchev–Trinajstić information content (AvgIpc) is 3.90. The number of nitrogens with one attached hydrogen (secondary N) is 1. The van der Waals surface area contributed by atoms with Crippen molar-refractivity contribution in [1.29, 1.82) is 0 Å². The summed E-state index contributed by atoms with van der Waals surface area (Å²) in [6.45, 7) is 10.4. The smallest absolute Gasteiger partial charge is 0.414 e. The second kappa shape index (κ2) is 14.1. The van der Waals surface area contributed by atoms with E-state index in [9.17, 15) is 29.1 Å². The van der Waals surface area contributed by atoms with Crippen LogP contribution in [-0.4, -0.2) is 75.0 Å². The van der Waals surface area contributed by atoms with Gasteiger partial charge in [0.05, 0.1) is 22.9 Å². The average molecular weight is 756 g/mol. The van der Waals surface area contributed by atoms with Gasteiger partial charge < -0.3 is 24.8 Å². The summed E-state index contributed by atoms with van der Waals surface area (Å²) in [4.78, 5) is 67.9. The molecule has 1 aliphatic heterocycles. The van der Waals surface area contributed by atoms with Crippen molar-refractivity contribution in [2.24, 2.45) is 34.5 Å². The summed E-state index contributed by atoms with van der Waals surface area (Å²) < 4.78 is 23.1. The Morgan fingerprint density at radius 3 is 2.34 bits per heavy atom. The number of halogens is 1. The Balaban J connectivity index is 0.00000481. The highest BCUT2D eigenvalue weighted by atomic mass is 32.2. The number of aliphatic hydroxyl groups excluding tert-OH is 1. The number of pyridine rings is 1. The van der Waals surface area contributed by atoms with E-state index < -0.39 is 51.5 Å². The summed E-state index contributed by atoms with van der Waals surface area (Å²) in [5.74, 6) is -2.05. The third kappa shape index (κ3) is 6.32. The molecule has 8 atom stereocenters. The van der Waals surface area contributed by atoms with E-state index in [0.29, 0.717) is 50.0 Å². The fourth-order valence-electron chi connectivity index (χ4n) is 10.7. The minimum atomic E-state index is -0.845. The summed E-state index contributed by atoms with van der Waals surface area (Å²) in [7, 11) is 0. The van der Waals surface area contributed by atoms with E-state index in [4.69, 9.17) is 4.74 Å². The lowest BCUT2D eigenvalue weighted by molar-refractivity contribution is -0.179. The predicted octanol–water partition coefficient (Wildman–Crippen LogP) is 5.62. The van der Waals surface area contributed by atoms with Gasteiger partial charge in [-0.15, -0.1) is 0 Å². The number of Topliss-reactive ketones (excluding diaryl/α,β-unsaturated/α-hetero) is 2. The molecule has 1 aromatic heterocycles. The van der Waals surface area contributed by atoms with Gasteiger partial charge in [-0.05, 0) is 94.4 Å². The summed E-state index contributed by atoms with van der Waals surface area (Å²) in [6, 6.07) is 3.06. The van der Waals surface area contributed by atoms with Crippen LogP contribution >= 0.6 is 11.8 Å². The molecule has 2 unspecified atom stereocenters. The third-order valence-corrected chi connectivity index (χ3v) is 15.7. The molecule has 290 valence electrons. The molecule has 2 aromatic rings. The van der Waals surface area contributed by atoms with Crippen molar-refractivity contribution in [1.82, 2.24) is 9.88 Å². The van der Waals surface area contributed by atoms with Crippen molar-refractivity contribution < 1.29 is 38.9 Å². The maximum Gasteiger partial charge on any atom is 0.414 e. The van der Waals surface area contributed by atoms with Crippen molar-refractivity contribution in [2.75, 3.05) is 24.2 Å². The number of hydrogen-bond acceptors (Lipinski definition) is 9. The zero-order valence-electron chi connectivity index (χ0n) is 31.6. The number of benzene rings is 1. The van der Waals surface area contributed by atoms with Crippen LogP contribution in [0.25, 0.3) is 10.9 Å². The SMILES string of the molecule is CS[C@@]1(C)C[C@@H](OC(=O)NC(=O)C2CCN(c3cc4c(cc3F)c(=O)c(C(C)=O)cn4C3CC3)CC2)[C@@]2(C)C3C(=O)CCC3(CC[C@H]2C)[C@@H](C)[C@@H]1O.O. The Hall–Kier alpha value is -3.29. The van der Waals surface area contributed by atoms with E-state index in [1.165, 1.54) is 13.0 Å². The van der Waals surface area contributed by atoms with Gasteiger partial charge in [-0.3, -0.25) is 24.5 Å². The number of thioether (sulfide) groups is 1. The number of rotatable bonds is 6. The standard InChI is InChI=1S/C40H52FN3O7S.H2O/c1-21-9-13-40-14-10-31(46)34(40)39(21,5)32(19-38(4,52-6)35(48)22(40)2)51-37(50)42-36(49)24-11-15-43(16-12-24)30-18-29-26(17-28(30)41)33(47)27(23(3)45)20-44(29)25-7-8-25;/h17-18,20-22,24-25,32,34-35,48H,7-16,19H2,1-6H3,(H,42,49,50);1H2/t21-,22+,32-,34?,35+,38+,39+,40?;/m1./s1. The molecule has 2 heterocycles. The van der Waals surface area contributed by atoms with Crippen LogP contribution in [0.15, 0.2) is 23.1 Å². The van der Waals surface area contributed by atoms with Crippen LogP contribution in [0.5, 0.6) is 0 Å². The van der Waals surface area contributed by atoms with Gasteiger partial charge in [-0.2, -0.15) is 11.8 Å². The Bertz CT molecular complexity index is 1890. The van der Waals surface area contributed by atoms with Crippen LogP contribution in [0.4, 0.5) is 14.9 Å². The molecular weight excluding hydrogens is 702 g/mol. The zero-order valence-corrected chi connectivity index (χ0v) is 32.4. The topological polar surface area (TPSA) is 167 Å². The van der Waals surface area contributed by atoms with Crippen molar-refractivity contribution in [2.45, 2.75) is 115 Å². The first-order valence-corrected chi connectivity index (χ1v) is 20.2. The molecule has 53 heavy (non-hydrogen) atoms. The second-order valence-corrected chi connectivity index (χ2v) is 18.3. The minimum Gasteiger partial charge on any atom is -0.445 e. The number of hydrogen-bond donors (Lipinski definition) is 2. The maximum absolute atomic E-state index is 15.6. The lowest BCUT2D eigenvalue weighted by Gasteiger charge is -2.61. The van der Waals surface area contributed by atoms with Gasteiger partial charge in [-0.1, -0.05) is 20.8 Å². The third-order valence-electron chi connectivity index (χ3n) is 14.3. The molecule has 1 aromatic carbocycles. The number of ether oxygens (including phenoxy) is 1. The van der Waals surface area contributed by atoms with Gasteiger partial charge in [-0.25, -0.2) is 9.18 Å². The van der Waals surface area contributed by atoms with Crippen LogP contribution < -0.4 is 15.6 Å². The van der Waals surface area contributed by atoms with E-state index in [2.05, 4.69) is 26.1 Å². The van der Waals surface area contributed by atoms with Crippen molar-refractivity contribution >= 4 is 51.9 Å². The number of nitrogens with zero attached hydrogens (tertiary/aromatic N) is 2. The Morgan fingerprint density at radius 1 is 1.04 bits per heavy atom. The van der Waals surface area contributed by atoms with Gasteiger partial charge in [0, 0.05) is 65.6 Å². The Morgan fingerprint density at radius 2 is 1.72 bits per heavy atom. The highest BCUT2D eigenvalue weighted by Crippen LogP contribution is 2.67. The lowest BCUT2D eigenvalue weighted by atomic mass is 9.45. The van der Waals surface area contributed by atoms with Crippen LogP contribution in [0, 0.1) is 40.3 Å². The summed E-state index contributed by atoms with van der Waals surface area (Å²) in [5, 5.41) is 14.5. The van der Waals surface area contributed by atoms with Crippen LogP contribution in [0.3, 0.4) is 0 Å². The zero-order chi connectivity index (χ0) is 37.5. The molecule has 11 nitrogen and oxygen atoms in total. The number of aliphatic hydroxyl groups is 1. The molecule has 1 saturated heterocycles. The number of aromatic nitrogens is 1. The molecule has 0 spiro atoms. The molecule has 5 aliphatic rings. The first-order chi connectivity index (χ1) is 24.6. The van der Waals surface area contributed by atoms with Crippen molar-refractivity contribution in [3.8, 4) is 0 Å². The first kappa shape index (κ1) is 39.4. The maximum atomic E-state index is 15.6. The highest BCUT2D eigenvalue weighted by Gasteiger charge is 2.68. The minimum absolute atomic E-state index is 0. The second-order valence-electron chi connectivity index (χ2n) is 16.9. The van der Waals surface area contributed by atoms with Crippen molar-refractivity contribution in [3.63, 3.8) is 0 Å². The molecule has 0 radical (unpaired) electrons. The number of imide groups is 1. The molecule has 4 N–H and O–H groups in total. The molecule has 4 saturated carbocycles. The van der Waals surface area contributed by atoms with Crippen molar-refractivity contribution in [3.05, 3.63) is 39.9 Å². The fourth-order valence-corrected chi connectivity index (χ4v) is 11.4. The van der Waals surface area contributed by atoms with Crippen LogP contribution in [0.1, 0.15) is 109 Å². The van der Waals surface area contributed by atoms with Gasteiger partial charge in [0.15, 0.2) is 11.2 Å². The van der Waals surface area contributed by atoms with Crippen LogP contribution in [-0.2, 0) is 14.3 Å². The monoisotopic (exact) mass is 755 g/mol. The van der Waals surface area contributed by atoms with E-state index in [1.54, 1.807) is 24.0 Å². The summed E-state index contributed by atoms with van der Waals surface area (Å²) in [5.41, 5.74) is -0.529. The fraction of sp³-hybridized carbons (Fsp3) is 0.675. The number of amides is 2. The van der Waals surface area contributed by atoms with E-state index in [1.807, 2.05) is 22.6 Å². The summed E-state index contributed by atoms with van der Waals surface area (Å²) >= 11 is 1.55. The number of fused-ring (bicyclic) bond motifs is 1. The number of alkyl carbamates (subject to hydrolysis) is 1. The largest absolute Gasteiger partial charge is 0.445 e. The highest BCUT2D eigenvalue weighted by molar-refractivity contribution is 8.00. The summed E-state index contributed by atoms with van der Waals surface area (Å²) in [6.07, 6.45) is 7.14. The molecule has 2 amide bonds. The Kier molecular flexibility index (Phi) is 10.5. The molecule has 4 aliphatic carbocycles. The lowest BCUT2D eigenvalue weighted by Crippen LogP contribution is -2.64. The van der Waals surface area contributed by atoms with Gasteiger partial charge >= 0.3 is 6.09 Å². The van der Waals surface area contributed by atoms with E-state index in [-0.39, 0.29) is 57.2 Å². The van der Waals surface area contributed by atoms with Gasteiger partial charge in [0.1, 0.15) is 17.7 Å². The molecule has 2 bridgehead atoms. The first-order valence-electron chi connectivity index (χ1n) is 19.0. The predicted molar refractivity (Wildman–Crippen MR) is 202 cm³/mol. The van der Waals surface area contributed by atoms with E-state index in [0.717, 1.165) is 32.1 Å². The van der Waals surface area contributed by atoms with Gasteiger partial charge in [0.25, 0.3) is 0 Å². The molecule has 7 rings (SSSR count). The Labute approximate surface area is 314 Å².